The van der Waals surface area contributed by atoms with Crippen LogP contribution in [-0.4, -0.2) is 81.1 Å². The molecule has 1 saturated heterocycles. The molecule has 2 aromatic heterocycles. The second-order valence-electron chi connectivity index (χ2n) is 6.57. The molecule has 2 aliphatic rings. The van der Waals surface area contributed by atoms with E-state index in [0.717, 1.165) is 16.2 Å². The van der Waals surface area contributed by atoms with Crippen LogP contribution in [0.1, 0.15) is 5.69 Å². The van der Waals surface area contributed by atoms with Crippen LogP contribution in [0.4, 0.5) is 5.13 Å². The monoisotopic (exact) mass is 509 g/mol. The minimum Gasteiger partial charge on any atom is -0.477 e. The van der Waals surface area contributed by atoms with Gasteiger partial charge in [-0.1, -0.05) is 16.9 Å². The van der Waals surface area contributed by atoms with Gasteiger partial charge in [0.2, 0.25) is 5.16 Å². The molecule has 17 heteroatoms. The van der Waals surface area contributed by atoms with Gasteiger partial charge in [-0.3, -0.25) is 14.5 Å². The summed E-state index contributed by atoms with van der Waals surface area (Å²) in [6.07, 6.45) is 1.59. The number of carboxylic acid groups (broad SMARTS) is 1. The molecule has 2 amide bonds. The van der Waals surface area contributed by atoms with E-state index in [9.17, 15) is 24.7 Å². The molecule has 1 fully saturated rings. The maximum Gasteiger partial charge on any atom is 0.352 e. The number of aromatic nitrogens is 5. The number of carbonyl (C=O) groups is 3. The average molecular weight is 510 g/mol. The Morgan fingerprint density at radius 3 is 2.85 bits per heavy atom. The van der Waals surface area contributed by atoms with Gasteiger partial charge in [-0.05, 0) is 27.5 Å². The molecule has 2 aliphatic heterocycles. The number of hydrogen-bond donors (Lipinski definition) is 4. The third-order valence-electron chi connectivity index (χ3n) is 4.59. The summed E-state index contributed by atoms with van der Waals surface area (Å²) in [7, 11) is 1.67. The van der Waals surface area contributed by atoms with Crippen LogP contribution in [0.15, 0.2) is 38.4 Å². The van der Waals surface area contributed by atoms with Crippen LogP contribution < -0.4 is 11.1 Å². The molecule has 0 spiro atoms. The van der Waals surface area contributed by atoms with Crippen molar-refractivity contribution in [1.82, 2.24) is 35.4 Å². The topological polar surface area (TPSA) is 202 Å². The number of amides is 2. The number of β-lactam (4-membered cyclic amide) rings is 1. The number of rotatable bonds is 7. The molecular weight excluding hydrogens is 494 g/mol. The van der Waals surface area contributed by atoms with Crippen LogP contribution in [0.2, 0.25) is 0 Å². The molecule has 0 aliphatic carbocycles. The summed E-state index contributed by atoms with van der Waals surface area (Å²) < 4.78 is 1.46. The summed E-state index contributed by atoms with van der Waals surface area (Å²) >= 11 is 3.55. The zero-order valence-electron chi connectivity index (χ0n) is 16.6. The number of nitrogens with zero attached hydrogens (tertiary/aromatic N) is 7. The van der Waals surface area contributed by atoms with E-state index in [1.54, 1.807) is 18.5 Å². The predicted octanol–water partition coefficient (Wildman–Crippen LogP) is -0.528. The number of nitrogen functional groups attached to an aromatic ring is 1. The standard InChI is InChI=1S/C16H15N9O5S3/c1-24-16(20-22-23-24)31-3-2-6-4-32-13-9(12(27)25(13)10(6)14(28)29)19-11(26)8(21-30)7-5-33-15(17)18-7/h2-3,5,9,13,30H,4H2,1H3,(H2,17,18)(H,19,26)(H,28,29)/b3-2+,21-8-. The van der Waals surface area contributed by atoms with Crippen LogP contribution in [0.3, 0.4) is 0 Å². The van der Waals surface area contributed by atoms with E-state index in [1.165, 1.54) is 33.6 Å². The number of nitrogens with one attached hydrogen (secondary N) is 1. The fourth-order valence-electron chi connectivity index (χ4n) is 3.09. The zero-order chi connectivity index (χ0) is 23.7. The van der Waals surface area contributed by atoms with Crippen LogP contribution in [-0.2, 0) is 21.4 Å². The molecule has 0 saturated carbocycles. The molecule has 2 aromatic rings. The Balaban J connectivity index is 1.49. The predicted molar refractivity (Wildman–Crippen MR) is 118 cm³/mol. The number of aliphatic carboxylic acids is 1. The first-order chi connectivity index (χ1) is 15.8. The van der Waals surface area contributed by atoms with E-state index in [1.807, 2.05) is 0 Å². The van der Waals surface area contributed by atoms with E-state index in [0.29, 0.717) is 16.5 Å². The van der Waals surface area contributed by atoms with Gasteiger partial charge in [0.25, 0.3) is 11.8 Å². The van der Waals surface area contributed by atoms with Crippen molar-refractivity contribution in [2.75, 3.05) is 11.5 Å². The van der Waals surface area contributed by atoms with E-state index in [2.05, 4.69) is 31.0 Å². The molecule has 4 heterocycles. The Bertz CT molecular complexity index is 1220. The number of fused-ring (bicyclic) bond motifs is 1. The van der Waals surface area contributed by atoms with Crippen LogP contribution in [0.5, 0.6) is 0 Å². The molecule has 0 bridgehead atoms. The lowest BCUT2D eigenvalue weighted by Gasteiger charge is -2.49. The Labute approximate surface area is 197 Å². The quantitative estimate of drug-likeness (QED) is 0.122. The van der Waals surface area contributed by atoms with Gasteiger partial charge in [-0.2, -0.15) is 0 Å². The van der Waals surface area contributed by atoms with Gasteiger partial charge < -0.3 is 21.4 Å². The van der Waals surface area contributed by atoms with Crippen molar-refractivity contribution in [3.05, 3.63) is 33.8 Å². The number of carbonyl (C=O) groups excluding carboxylic acids is 2. The van der Waals surface area contributed by atoms with Crippen molar-refractivity contribution in [2.45, 2.75) is 16.6 Å². The first kappa shape index (κ1) is 22.7. The van der Waals surface area contributed by atoms with Gasteiger partial charge in [-0.15, -0.1) is 28.2 Å². The lowest BCUT2D eigenvalue weighted by atomic mass is 10.0. The fraction of sp³-hybridized carbons (Fsp3) is 0.250. The van der Waals surface area contributed by atoms with Gasteiger partial charge in [0, 0.05) is 18.2 Å². The maximum atomic E-state index is 12.8. The SMILES string of the molecule is Cn1nnnc1S/C=C/C1=C(C(=O)O)N2C(=O)C(NC(=O)/C(=N\O)c3csc(N)n3)C2SC1. The molecule has 4 rings (SSSR count). The number of hydrogen-bond acceptors (Lipinski definition) is 13. The van der Waals surface area contributed by atoms with Gasteiger partial charge in [0.15, 0.2) is 10.8 Å². The van der Waals surface area contributed by atoms with Crippen LogP contribution >= 0.6 is 34.9 Å². The van der Waals surface area contributed by atoms with E-state index in [4.69, 9.17) is 5.73 Å². The molecule has 33 heavy (non-hydrogen) atoms. The number of anilines is 1. The normalized spacial score (nSPS) is 20.7. The number of allylic oxidation sites excluding steroid dienone is 1. The number of thioether (sulfide) groups is 2. The third-order valence-corrected chi connectivity index (χ3v) is 7.40. The summed E-state index contributed by atoms with van der Waals surface area (Å²) in [5.41, 5.74) is 5.47. The van der Waals surface area contributed by atoms with E-state index >= 15 is 0 Å². The van der Waals surface area contributed by atoms with Gasteiger partial charge in [-0.25, -0.2) is 14.5 Å². The maximum absolute atomic E-state index is 12.8. The fourth-order valence-corrected chi connectivity index (χ4v) is 5.58. The summed E-state index contributed by atoms with van der Waals surface area (Å²) in [5.74, 6) is -2.40. The summed E-state index contributed by atoms with van der Waals surface area (Å²) in [4.78, 5) is 42.2. The number of thiazole rings is 1. The summed E-state index contributed by atoms with van der Waals surface area (Å²) in [6.45, 7) is 0. The van der Waals surface area contributed by atoms with Gasteiger partial charge in [0.1, 0.15) is 22.8 Å². The highest BCUT2D eigenvalue weighted by Gasteiger charge is 2.54. The van der Waals surface area contributed by atoms with Crippen molar-refractivity contribution >= 4 is 63.5 Å². The number of aryl methyl sites for hydroxylation is 1. The zero-order valence-corrected chi connectivity index (χ0v) is 19.1. The van der Waals surface area contributed by atoms with Crippen molar-refractivity contribution < 1.29 is 24.7 Å². The Hall–Kier alpha value is -3.44. The second-order valence-corrected chi connectivity index (χ2v) is 9.43. The molecule has 2 unspecified atom stereocenters. The highest BCUT2D eigenvalue weighted by atomic mass is 32.2. The molecule has 0 aromatic carbocycles. The van der Waals surface area contributed by atoms with Crippen molar-refractivity contribution in [3.63, 3.8) is 0 Å². The smallest absolute Gasteiger partial charge is 0.352 e. The van der Waals surface area contributed by atoms with Gasteiger partial charge >= 0.3 is 5.97 Å². The molecule has 5 N–H and O–H groups in total. The third kappa shape index (κ3) is 4.29. The molecular formula is C16H15N9O5S3. The highest BCUT2D eigenvalue weighted by Crippen LogP contribution is 2.41. The molecule has 14 nitrogen and oxygen atoms in total. The van der Waals surface area contributed by atoms with Crippen molar-refractivity contribution in [1.29, 1.82) is 0 Å². The Morgan fingerprint density at radius 2 is 2.24 bits per heavy atom. The number of tetrazole rings is 1. The average Bonchev–Trinajstić information content (AvgIpc) is 3.39. The van der Waals surface area contributed by atoms with E-state index in [-0.39, 0.29) is 16.5 Å². The van der Waals surface area contributed by atoms with Crippen molar-refractivity contribution in [2.24, 2.45) is 12.2 Å². The lowest BCUT2D eigenvalue weighted by Crippen LogP contribution is -2.71. The molecule has 0 radical (unpaired) electrons. The number of oxime groups is 1. The second kappa shape index (κ2) is 9.20. The van der Waals surface area contributed by atoms with Gasteiger partial charge in [0.05, 0.1) is 0 Å². The van der Waals surface area contributed by atoms with Crippen LogP contribution in [0, 0.1) is 0 Å². The summed E-state index contributed by atoms with van der Waals surface area (Å²) in [6, 6.07) is -0.991. The summed E-state index contributed by atoms with van der Waals surface area (Å²) in [5, 5.41) is 38.6. The lowest BCUT2D eigenvalue weighted by molar-refractivity contribution is -0.150. The molecule has 2 atom stereocenters. The molecule has 172 valence electrons. The van der Waals surface area contributed by atoms with Crippen LogP contribution in [0.25, 0.3) is 0 Å². The number of nitrogens with two attached hydrogens (primary N) is 1. The minimum atomic E-state index is -1.26. The first-order valence-electron chi connectivity index (χ1n) is 9.02. The Morgan fingerprint density at radius 1 is 1.45 bits per heavy atom. The largest absolute Gasteiger partial charge is 0.477 e. The first-order valence-corrected chi connectivity index (χ1v) is 11.8. The van der Waals surface area contributed by atoms with Crippen molar-refractivity contribution in [3.8, 4) is 0 Å². The highest BCUT2D eigenvalue weighted by molar-refractivity contribution is 8.02. The number of carboxylic acids is 1. The Kier molecular flexibility index (Phi) is 6.34. The minimum absolute atomic E-state index is 0.0617. The van der Waals surface area contributed by atoms with E-state index < -0.39 is 34.9 Å².